The van der Waals surface area contributed by atoms with Crippen LogP contribution in [0.25, 0.3) is 0 Å². The second kappa shape index (κ2) is 5.54. The maximum absolute atomic E-state index is 12.5. The van der Waals surface area contributed by atoms with Crippen LogP contribution in [0, 0.1) is 0 Å². The number of halogens is 5. The zero-order valence-corrected chi connectivity index (χ0v) is 12.3. The van der Waals surface area contributed by atoms with E-state index in [2.05, 4.69) is 21.2 Å². The summed E-state index contributed by atoms with van der Waals surface area (Å²) in [6.45, 7) is 0. The Hall–Kier alpha value is -1.40. The van der Waals surface area contributed by atoms with Crippen LogP contribution >= 0.6 is 27.5 Å². The van der Waals surface area contributed by atoms with Gasteiger partial charge < -0.3 is 11.1 Å². The molecule has 106 valence electrons. The first kappa shape index (κ1) is 15.0. The first-order chi connectivity index (χ1) is 9.27. The van der Waals surface area contributed by atoms with Gasteiger partial charge in [-0.2, -0.15) is 13.2 Å². The van der Waals surface area contributed by atoms with Gasteiger partial charge in [0, 0.05) is 10.2 Å². The fourth-order valence-electron chi connectivity index (χ4n) is 1.57. The van der Waals surface area contributed by atoms with E-state index in [-0.39, 0.29) is 5.02 Å². The van der Waals surface area contributed by atoms with Gasteiger partial charge in [0.25, 0.3) is 0 Å². The zero-order chi connectivity index (χ0) is 14.9. The Morgan fingerprint density at radius 3 is 2.25 bits per heavy atom. The van der Waals surface area contributed by atoms with Crippen LogP contribution in [0.5, 0.6) is 0 Å². The minimum absolute atomic E-state index is 0.0106. The van der Waals surface area contributed by atoms with Crippen LogP contribution < -0.4 is 11.1 Å². The second-order valence-corrected chi connectivity index (χ2v) is 5.32. The topological polar surface area (TPSA) is 38.0 Å². The van der Waals surface area contributed by atoms with Crippen LogP contribution in [0.4, 0.5) is 30.2 Å². The molecule has 7 heteroatoms. The van der Waals surface area contributed by atoms with Crippen LogP contribution in [0.3, 0.4) is 0 Å². The van der Waals surface area contributed by atoms with Gasteiger partial charge in [-0.15, -0.1) is 0 Å². The Morgan fingerprint density at radius 2 is 1.70 bits per heavy atom. The zero-order valence-electron chi connectivity index (χ0n) is 9.93. The summed E-state index contributed by atoms with van der Waals surface area (Å²) >= 11 is 9.18. The fourth-order valence-corrected chi connectivity index (χ4v) is 2.29. The standard InChI is InChI=1S/C13H9BrClF3N2/c14-9-6-8(19)2-4-11(9)20-12-3-1-7(5-10(12)15)13(16,17)18/h1-6,20H,19H2. The lowest BCUT2D eigenvalue weighted by atomic mass is 10.2. The molecule has 0 unspecified atom stereocenters. The molecule has 3 N–H and O–H groups in total. The summed E-state index contributed by atoms with van der Waals surface area (Å²) in [7, 11) is 0. The highest BCUT2D eigenvalue weighted by atomic mass is 79.9. The predicted molar refractivity (Wildman–Crippen MR) is 78.3 cm³/mol. The largest absolute Gasteiger partial charge is 0.416 e. The summed E-state index contributed by atoms with van der Waals surface area (Å²) in [4.78, 5) is 0. The minimum atomic E-state index is -4.41. The molecular weight excluding hydrogens is 357 g/mol. The Morgan fingerprint density at radius 1 is 1.05 bits per heavy atom. The van der Waals surface area contributed by atoms with Gasteiger partial charge in [-0.1, -0.05) is 11.6 Å². The van der Waals surface area contributed by atoms with Crippen molar-refractivity contribution in [1.29, 1.82) is 0 Å². The quantitative estimate of drug-likeness (QED) is 0.695. The number of hydrogen-bond acceptors (Lipinski definition) is 2. The Balaban J connectivity index is 2.30. The number of hydrogen-bond donors (Lipinski definition) is 2. The molecule has 0 saturated heterocycles. The molecule has 20 heavy (non-hydrogen) atoms. The molecule has 0 atom stereocenters. The third kappa shape index (κ3) is 3.37. The molecule has 2 rings (SSSR count). The van der Waals surface area contributed by atoms with Crippen molar-refractivity contribution in [2.45, 2.75) is 6.18 Å². The van der Waals surface area contributed by atoms with Gasteiger partial charge in [0.1, 0.15) is 0 Å². The minimum Gasteiger partial charge on any atom is -0.399 e. The van der Waals surface area contributed by atoms with Gasteiger partial charge in [0.2, 0.25) is 0 Å². The van der Waals surface area contributed by atoms with Crippen molar-refractivity contribution in [1.82, 2.24) is 0 Å². The molecule has 0 fully saturated rings. The molecule has 0 saturated carbocycles. The molecule has 0 bridgehead atoms. The van der Waals surface area contributed by atoms with Crippen molar-refractivity contribution in [3.63, 3.8) is 0 Å². The van der Waals surface area contributed by atoms with E-state index in [1.165, 1.54) is 6.07 Å². The van der Waals surface area contributed by atoms with E-state index in [1.807, 2.05) is 0 Å². The maximum atomic E-state index is 12.5. The van der Waals surface area contributed by atoms with Gasteiger partial charge in [-0.25, -0.2) is 0 Å². The number of nitrogens with two attached hydrogens (primary N) is 1. The van der Waals surface area contributed by atoms with Crippen molar-refractivity contribution in [3.05, 3.63) is 51.5 Å². The van der Waals surface area contributed by atoms with Crippen LogP contribution in [-0.4, -0.2) is 0 Å². The third-order valence-electron chi connectivity index (χ3n) is 2.56. The van der Waals surface area contributed by atoms with Gasteiger partial charge in [-0.05, 0) is 52.3 Å². The molecule has 0 radical (unpaired) electrons. The van der Waals surface area contributed by atoms with E-state index in [9.17, 15) is 13.2 Å². The smallest absolute Gasteiger partial charge is 0.399 e. The molecule has 0 aromatic heterocycles. The van der Waals surface area contributed by atoms with Gasteiger partial charge in [0.15, 0.2) is 0 Å². The number of rotatable bonds is 2. The summed E-state index contributed by atoms with van der Waals surface area (Å²) in [5.41, 5.74) is 6.43. The van der Waals surface area contributed by atoms with Crippen LogP contribution in [0.15, 0.2) is 40.9 Å². The highest BCUT2D eigenvalue weighted by Crippen LogP contribution is 2.36. The Labute approximate surface area is 126 Å². The Kier molecular flexibility index (Phi) is 4.15. The van der Waals surface area contributed by atoms with Gasteiger partial charge in [-0.3, -0.25) is 0 Å². The number of benzene rings is 2. The second-order valence-electron chi connectivity index (χ2n) is 4.06. The molecule has 0 aliphatic rings. The van der Waals surface area contributed by atoms with Crippen molar-refractivity contribution in [2.75, 3.05) is 11.1 Å². The molecule has 2 aromatic carbocycles. The molecular formula is C13H9BrClF3N2. The lowest BCUT2D eigenvalue weighted by Gasteiger charge is -2.13. The van der Waals surface area contributed by atoms with Crippen LogP contribution in [0.2, 0.25) is 5.02 Å². The van der Waals surface area contributed by atoms with E-state index in [0.717, 1.165) is 12.1 Å². The number of alkyl halides is 3. The fraction of sp³-hybridized carbons (Fsp3) is 0.0769. The third-order valence-corrected chi connectivity index (χ3v) is 3.53. The van der Waals surface area contributed by atoms with Gasteiger partial charge in [0.05, 0.1) is 22.0 Å². The number of nitrogens with one attached hydrogen (secondary N) is 1. The van der Waals surface area contributed by atoms with Crippen molar-refractivity contribution in [3.8, 4) is 0 Å². The monoisotopic (exact) mass is 364 g/mol. The molecule has 2 aromatic rings. The van der Waals surface area contributed by atoms with Crippen molar-refractivity contribution < 1.29 is 13.2 Å². The average Bonchev–Trinajstić information content (AvgIpc) is 2.33. The summed E-state index contributed by atoms with van der Waals surface area (Å²) in [5.74, 6) is 0. The first-order valence-corrected chi connectivity index (χ1v) is 6.63. The summed E-state index contributed by atoms with van der Waals surface area (Å²) in [6.07, 6.45) is -4.41. The van der Waals surface area contributed by atoms with E-state index in [1.54, 1.807) is 18.2 Å². The molecule has 0 aliphatic heterocycles. The number of anilines is 3. The van der Waals surface area contributed by atoms with Crippen LogP contribution in [-0.2, 0) is 6.18 Å². The summed E-state index contributed by atoms with van der Waals surface area (Å²) < 4.78 is 38.3. The van der Waals surface area contributed by atoms with E-state index in [0.29, 0.717) is 21.5 Å². The highest BCUT2D eigenvalue weighted by Gasteiger charge is 2.30. The van der Waals surface area contributed by atoms with Crippen molar-refractivity contribution in [2.24, 2.45) is 0 Å². The highest BCUT2D eigenvalue weighted by molar-refractivity contribution is 9.10. The summed E-state index contributed by atoms with van der Waals surface area (Å²) in [6, 6.07) is 8.20. The van der Waals surface area contributed by atoms with E-state index in [4.69, 9.17) is 17.3 Å². The van der Waals surface area contributed by atoms with Crippen LogP contribution in [0.1, 0.15) is 5.56 Å². The summed E-state index contributed by atoms with van der Waals surface area (Å²) in [5, 5.41) is 2.93. The van der Waals surface area contributed by atoms with E-state index < -0.39 is 11.7 Å². The SMILES string of the molecule is Nc1ccc(Nc2ccc(C(F)(F)F)cc2Cl)c(Br)c1. The lowest BCUT2D eigenvalue weighted by Crippen LogP contribution is -2.05. The molecule has 0 heterocycles. The van der Waals surface area contributed by atoms with Crippen molar-refractivity contribution >= 4 is 44.6 Å². The normalized spacial score (nSPS) is 11.4. The molecule has 0 spiro atoms. The first-order valence-electron chi connectivity index (χ1n) is 5.46. The van der Waals surface area contributed by atoms with Gasteiger partial charge >= 0.3 is 6.18 Å². The Bertz CT molecular complexity index is 644. The van der Waals surface area contributed by atoms with E-state index >= 15 is 0 Å². The average molecular weight is 366 g/mol. The molecule has 0 aliphatic carbocycles. The predicted octanol–water partition coefficient (Wildman–Crippen LogP) is 5.45. The number of nitrogen functional groups attached to an aromatic ring is 1. The maximum Gasteiger partial charge on any atom is 0.416 e. The molecule has 0 amide bonds. The lowest BCUT2D eigenvalue weighted by molar-refractivity contribution is -0.137. The molecule has 2 nitrogen and oxygen atoms in total.